The Morgan fingerprint density at radius 3 is 2.30 bits per heavy atom. The van der Waals surface area contributed by atoms with Gasteiger partial charge in [-0.1, -0.05) is 0 Å². The summed E-state index contributed by atoms with van der Waals surface area (Å²) in [6, 6.07) is -1.94. The van der Waals surface area contributed by atoms with Crippen molar-refractivity contribution < 1.29 is 27.5 Å². The van der Waals surface area contributed by atoms with Crippen LogP contribution in [0.25, 0.3) is 0 Å². The van der Waals surface area contributed by atoms with Crippen molar-refractivity contribution in [1.29, 1.82) is 0 Å². The first-order chi connectivity index (χ1) is 8.89. The molecule has 20 heavy (non-hydrogen) atoms. The van der Waals surface area contributed by atoms with Gasteiger partial charge in [0.05, 0.1) is 12.8 Å². The molecular weight excluding hydrogens is 290 g/mol. The third-order valence-corrected chi connectivity index (χ3v) is 2.68. The zero-order valence-electron chi connectivity index (χ0n) is 11.6. The van der Waals surface area contributed by atoms with Crippen molar-refractivity contribution in [3.8, 4) is 0 Å². The highest BCUT2D eigenvalue weighted by molar-refractivity contribution is 7.89. The lowest BCUT2D eigenvalue weighted by Crippen LogP contribution is -2.67. The topological polar surface area (TPSA) is 122 Å². The minimum Gasteiger partial charge on any atom is -0.444 e. The van der Waals surface area contributed by atoms with E-state index in [1.807, 2.05) is 0 Å². The fourth-order valence-electron chi connectivity index (χ4n) is 1.38. The Hall–Kier alpha value is -1.84. The number of carbonyl (C=O) groups is 3. The van der Waals surface area contributed by atoms with Crippen molar-refractivity contribution >= 4 is 28.1 Å². The van der Waals surface area contributed by atoms with Crippen LogP contribution in [0.4, 0.5) is 9.59 Å². The molecule has 0 saturated carbocycles. The van der Waals surface area contributed by atoms with Gasteiger partial charge in [-0.2, -0.15) is 0 Å². The minimum atomic E-state index is -3.74. The molecule has 0 aromatic heterocycles. The smallest absolute Gasteiger partial charge is 0.408 e. The molecular formula is C10H17N3O6S. The first kappa shape index (κ1) is 16.2. The lowest BCUT2D eigenvalue weighted by molar-refractivity contribution is -0.139. The Morgan fingerprint density at radius 1 is 1.35 bits per heavy atom. The van der Waals surface area contributed by atoms with Crippen LogP contribution in [0.15, 0.2) is 0 Å². The van der Waals surface area contributed by atoms with E-state index in [0.717, 1.165) is 6.26 Å². The number of alkyl carbamates (subject to hydrolysis) is 1. The average molecular weight is 307 g/mol. The molecule has 114 valence electrons. The summed E-state index contributed by atoms with van der Waals surface area (Å²) in [7, 11) is -3.74. The molecule has 9 nitrogen and oxygen atoms in total. The minimum absolute atomic E-state index is 0.112. The number of β-lactam (4-membered cyclic amide) rings is 1. The summed E-state index contributed by atoms with van der Waals surface area (Å²) in [6.45, 7) is 4.89. The number of rotatable bonds is 2. The molecule has 1 unspecified atom stereocenters. The molecule has 10 heteroatoms. The van der Waals surface area contributed by atoms with Crippen LogP contribution in [-0.2, 0) is 19.6 Å². The first-order valence-corrected chi connectivity index (χ1v) is 7.61. The van der Waals surface area contributed by atoms with E-state index in [1.54, 1.807) is 25.5 Å². The van der Waals surface area contributed by atoms with Crippen molar-refractivity contribution in [3.05, 3.63) is 0 Å². The lowest BCUT2D eigenvalue weighted by Gasteiger charge is -2.36. The van der Waals surface area contributed by atoms with Crippen LogP contribution in [-0.4, -0.2) is 55.8 Å². The molecule has 1 aliphatic rings. The van der Waals surface area contributed by atoms with Crippen LogP contribution in [0.1, 0.15) is 20.8 Å². The Bertz CT molecular complexity index is 536. The number of amides is 4. The van der Waals surface area contributed by atoms with Crippen LogP contribution >= 0.6 is 0 Å². The number of sulfonamides is 1. The van der Waals surface area contributed by atoms with Crippen LogP contribution in [0.5, 0.6) is 0 Å². The predicted molar refractivity (Wildman–Crippen MR) is 68.2 cm³/mol. The average Bonchev–Trinajstić information content (AvgIpc) is 2.17. The van der Waals surface area contributed by atoms with Crippen molar-refractivity contribution in [2.75, 3.05) is 12.8 Å². The van der Waals surface area contributed by atoms with E-state index in [-0.39, 0.29) is 6.54 Å². The molecule has 0 radical (unpaired) electrons. The van der Waals surface area contributed by atoms with Crippen molar-refractivity contribution in [3.63, 3.8) is 0 Å². The maximum Gasteiger partial charge on any atom is 0.408 e. The molecule has 1 rings (SSSR count). The zero-order chi connectivity index (χ0) is 15.7. The van der Waals surface area contributed by atoms with Crippen LogP contribution in [0.3, 0.4) is 0 Å². The Labute approximate surface area is 116 Å². The summed E-state index contributed by atoms with van der Waals surface area (Å²) >= 11 is 0. The number of likely N-dealkylation sites (tertiary alicyclic amines) is 1. The van der Waals surface area contributed by atoms with Crippen molar-refractivity contribution in [2.45, 2.75) is 32.4 Å². The van der Waals surface area contributed by atoms with Gasteiger partial charge in [-0.25, -0.2) is 22.7 Å². The Morgan fingerprint density at radius 2 is 1.90 bits per heavy atom. The third-order valence-electron chi connectivity index (χ3n) is 2.14. The molecule has 1 aliphatic heterocycles. The highest BCUT2D eigenvalue weighted by Crippen LogP contribution is 2.12. The fraction of sp³-hybridized carbons (Fsp3) is 0.700. The molecule has 4 amide bonds. The van der Waals surface area contributed by atoms with Gasteiger partial charge < -0.3 is 10.1 Å². The van der Waals surface area contributed by atoms with Gasteiger partial charge in [-0.15, -0.1) is 0 Å². The molecule has 0 aliphatic carbocycles. The highest BCUT2D eigenvalue weighted by Gasteiger charge is 2.43. The number of urea groups is 1. The fourth-order valence-corrected chi connectivity index (χ4v) is 1.81. The number of hydrogen-bond donors (Lipinski definition) is 2. The summed E-state index contributed by atoms with van der Waals surface area (Å²) < 4.78 is 28.3. The largest absolute Gasteiger partial charge is 0.444 e. The van der Waals surface area contributed by atoms with Gasteiger partial charge in [-0.05, 0) is 20.8 Å². The molecule has 1 fully saturated rings. The predicted octanol–water partition coefficient (Wildman–Crippen LogP) is -0.609. The van der Waals surface area contributed by atoms with Gasteiger partial charge in [0.25, 0.3) is 5.91 Å². The van der Waals surface area contributed by atoms with Gasteiger partial charge >= 0.3 is 12.1 Å². The second kappa shape index (κ2) is 5.27. The summed E-state index contributed by atoms with van der Waals surface area (Å²) in [5.41, 5.74) is -0.704. The van der Waals surface area contributed by atoms with Gasteiger partial charge in [0.2, 0.25) is 10.0 Å². The van der Waals surface area contributed by atoms with E-state index < -0.39 is 39.7 Å². The summed E-state index contributed by atoms with van der Waals surface area (Å²) in [4.78, 5) is 35.1. The number of nitrogens with one attached hydrogen (secondary N) is 2. The van der Waals surface area contributed by atoms with Gasteiger partial charge in [0.1, 0.15) is 11.6 Å². The molecule has 0 bridgehead atoms. The van der Waals surface area contributed by atoms with Crippen LogP contribution in [0.2, 0.25) is 0 Å². The number of carbonyl (C=O) groups excluding carboxylic acids is 3. The summed E-state index contributed by atoms with van der Waals surface area (Å²) in [6.07, 6.45) is 0.0185. The molecule has 1 heterocycles. The second-order valence-electron chi connectivity index (χ2n) is 5.33. The van der Waals surface area contributed by atoms with Crippen molar-refractivity contribution in [2.24, 2.45) is 0 Å². The van der Waals surface area contributed by atoms with Gasteiger partial charge in [0, 0.05) is 0 Å². The maximum atomic E-state index is 11.6. The third kappa shape index (κ3) is 4.68. The zero-order valence-corrected chi connectivity index (χ0v) is 12.4. The van der Waals surface area contributed by atoms with E-state index in [4.69, 9.17) is 4.74 Å². The van der Waals surface area contributed by atoms with E-state index in [0.29, 0.717) is 4.90 Å². The lowest BCUT2D eigenvalue weighted by atomic mass is 10.1. The molecule has 2 N–H and O–H groups in total. The molecule has 0 aromatic carbocycles. The second-order valence-corrected chi connectivity index (χ2v) is 7.08. The van der Waals surface area contributed by atoms with E-state index in [2.05, 4.69) is 5.32 Å². The molecule has 1 saturated heterocycles. The quantitative estimate of drug-likeness (QED) is 0.656. The standard InChI is InChI=1S/C10H17N3O6S/c1-10(2,3)19-9(16)11-6-5-13(7(6)14)8(15)12-20(4,17)18/h6H,5H2,1-4H3,(H,11,16)(H,12,15). The first-order valence-electron chi connectivity index (χ1n) is 5.72. The molecule has 1 atom stereocenters. The van der Waals surface area contributed by atoms with Gasteiger partial charge in [-0.3, -0.25) is 9.69 Å². The summed E-state index contributed by atoms with van der Waals surface area (Å²) in [5.74, 6) is -0.697. The van der Waals surface area contributed by atoms with Gasteiger partial charge in [0.15, 0.2) is 0 Å². The van der Waals surface area contributed by atoms with E-state index in [9.17, 15) is 22.8 Å². The van der Waals surface area contributed by atoms with Crippen molar-refractivity contribution in [1.82, 2.24) is 14.9 Å². The maximum absolute atomic E-state index is 11.6. The van der Waals surface area contributed by atoms with Crippen LogP contribution in [0, 0.1) is 0 Å². The van der Waals surface area contributed by atoms with E-state index in [1.165, 1.54) is 0 Å². The Kier molecular flexibility index (Phi) is 4.27. The summed E-state index contributed by atoms with van der Waals surface area (Å²) in [5, 5.41) is 2.29. The van der Waals surface area contributed by atoms with Crippen LogP contribution < -0.4 is 10.0 Å². The normalized spacial score (nSPS) is 19.1. The SMILES string of the molecule is CC(C)(C)OC(=O)NC1CN(C(=O)NS(C)(=O)=O)C1=O. The highest BCUT2D eigenvalue weighted by atomic mass is 32.2. The number of ether oxygens (including phenoxy) is 1. The number of hydrogen-bond acceptors (Lipinski definition) is 6. The monoisotopic (exact) mass is 307 g/mol. The van der Waals surface area contributed by atoms with E-state index >= 15 is 0 Å². The number of nitrogens with zero attached hydrogens (tertiary/aromatic N) is 1. The Balaban J connectivity index is 2.48. The number of imide groups is 1. The molecule has 0 aromatic rings. The molecule has 0 spiro atoms.